The Bertz CT molecular complexity index is 2220. The van der Waals surface area contributed by atoms with Crippen LogP contribution in [0.5, 0.6) is 5.75 Å². The Balaban J connectivity index is 1.25. The second-order valence-electron chi connectivity index (χ2n) is 12.9. The molecule has 2 aliphatic rings. The largest absolute Gasteiger partial charge is 0.491 e. The molecule has 15 heteroatoms. The minimum atomic E-state index is -4.70. The van der Waals surface area contributed by atoms with Crippen molar-refractivity contribution in [3.8, 4) is 22.8 Å². The van der Waals surface area contributed by atoms with E-state index in [0.29, 0.717) is 41.2 Å². The molecule has 1 fully saturated rings. The summed E-state index contributed by atoms with van der Waals surface area (Å²) in [4.78, 5) is 52.2. The van der Waals surface area contributed by atoms with E-state index in [-0.39, 0.29) is 47.7 Å². The summed E-state index contributed by atoms with van der Waals surface area (Å²) in [5.74, 6) is -0.369. The van der Waals surface area contributed by atoms with Crippen molar-refractivity contribution in [3.05, 3.63) is 128 Å². The first kappa shape index (κ1) is 35.1. The van der Waals surface area contributed by atoms with Crippen LogP contribution in [0, 0.1) is 0 Å². The Morgan fingerprint density at radius 3 is 2.44 bits per heavy atom. The molecule has 52 heavy (non-hydrogen) atoms. The molecule has 5 aromatic rings. The Morgan fingerprint density at radius 2 is 1.75 bits per heavy atom. The van der Waals surface area contributed by atoms with Crippen molar-refractivity contribution in [2.24, 2.45) is 0 Å². The number of imidazole rings is 1. The quantitative estimate of drug-likeness (QED) is 0.195. The molecule has 1 atom stereocenters. The number of hydrogen-bond acceptors (Lipinski definition) is 7. The van der Waals surface area contributed by atoms with Crippen LogP contribution in [0.4, 0.5) is 13.2 Å². The Hall–Kier alpha value is -5.28. The van der Waals surface area contributed by atoms with E-state index in [1.807, 2.05) is 24.3 Å². The summed E-state index contributed by atoms with van der Waals surface area (Å²) in [7, 11) is 0. The van der Waals surface area contributed by atoms with Gasteiger partial charge in [-0.25, -0.2) is 14.8 Å². The number of aromatic nitrogens is 4. The van der Waals surface area contributed by atoms with Gasteiger partial charge in [-0.1, -0.05) is 40.2 Å². The maximum atomic E-state index is 14.3. The molecular weight excluding hydrogens is 745 g/mol. The average molecular weight is 778 g/mol. The van der Waals surface area contributed by atoms with E-state index >= 15 is 0 Å². The van der Waals surface area contributed by atoms with Crippen molar-refractivity contribution in [2.75, 3.05) is 6.61 Å². The summed E-state index contributed by atoms with van der Waals surface area (Å²) in [6.45, 7) is 1.62. The van der Waals surface area contributed by atoms with Gasteiger partial charge in [-0.15, -0.1) is 0 Å². The number of benzene rings is 3. The monoisotopic (exact) mass is 776 g/mol. The van der Waals surface area contributed by atoms with Crippen LogP contribution in [0.2, 0.25) is 0 Å². The van der Waals surface area contributed by atoms with Crippen molar-refractivity contribution in [1.29, 1.82) is 0 Å². The molecule has 268 valence electrons. The van der Waals surface area contributed by atoms with Gasteiger partial charge in [-0.05, 0) is 73.9 Å². The fraction of sp³-hybridized carbons (Fsp3) is 0.270. The normalized spacial score (nSPS) is 16.3. The van der Waals surface area contributed by atoms with Crippen LogP contribution < -0.4 is 15.7 Å². The molecule has 7 rings (SSSR count). The Labute approximate surface area is 303 Å². The topological polar surface area (TPSA) is 132 Å². The molecular formula is C37H32BrF3N6O5. The molecule has 3 aromatic carbocycles. The van der Waals surface area contributed by atoms with E-state index in [1.54, 1.807) is 49.6 Å². The molecule has 0 unspecified atom stereocenters. The van der Waals surface area contributed by atoms with Crippen molar-refractivity contribution in [1.82, 2.24) is 29.3 Å². The number of nitrogens with one attached hydrogen (secondary N) is 1. The molecule has 1 saturated carbocycles. The first-order valence-electron chi connectivity index (χ1n) is 16.4. The summed E-state index contributed by atoms with van der Waals surface area (Å²) >= 11 is 2.92. The first-order chi connectivity index (χ1) is 24.8. The standard InChI is InChI=1S/C37H32BrF3N6O5/c1-22-19-46-30(20-45(22)34(49)23-7-12-29(38)28(17-23)37(39,40)41)31(33(48)44-18-24-5-2-3-6-27(24)32-42-15-4-16-43-32)47(35(46)50)25-8-10-26(11-9-25)52-21-36(51)13-14-36/h2-12,15-17,22,51H,13-14,18-21H2,1H3,(H,44,48)/t22-/m1/s1. The summed E-state index contributed by atoms with van der Waals surface area (Å²) < 4.78 is 49.4. The van der Waals surface area contributed by atoms with Crippen LogP contribution in [0.3, 0.4) is 0 Å². The van der Waals surface area contributed by atoms with E-state index in [1.165, 1.54) is 26.2 Å². The van der Waals surface area contributed by atoms with Crippen molar-refractivity contribution < 1.29 is 32.6 Å². The van der Waals surface area contributed by atoms with Crippen LogP contribution in [-0.4, -0.2) is 59.2 Å². The lowest BCUT2D eigenvalue weighted by atomic mass is 10.1. The number of carbonyl (C=O) groups excluding carboxylic acids is 2. The van der Waals surface area contributed by atoms with Gasteiger partial charge in [-0.2, -0.15) is 13.2 Å². The zero-order chi connectivity index (χ0) is 36.8. The van der Waals surface area contributed by atoms with Gasteiger partial charge in [0.15, 0.2) is 5.82 Å². The summed E-state index contributed by atoms with van der Waals surface area (Å²) in [5.41, 5.74) is -0.594. The first-order valence-corrected chi connectivity index (χ1v) is 17.2. The van der Waals surface area contributed by atoms with Crippen molar-refractivity contribution >= 4 is 27.7 Å². The molecule has 0 spiro atoms. The van der Waals surface area contributed by atoms with Gasteiger partial charge in [0.1, 0.15) is 18.1 Å². The number of nitrogens with zero attached hydrogens (tertiary/aromatic N) is 5. The molecule has 0 bridgehead atoms. The third-order valence-electron chi connectivity index (χ3n) is 9.23. The molecule has 2 amide bonds. The van der Waals surface area contributed by atoms with Crippen molar-refractivity contribution in [3.63, 3.8) is 0 Å². The van der Waals surface area contributed by atoms with Gasteiger partial charge < -0.3 is 20.1 Å². The number of amides is 2. The highest BCUT2D eigenvalue weighted by Gasteiger charge is 2.41. The molecule has 0 radical (unpaired) electrons. The molecule has 2 aromatic heterocycles. The number of alkyl halides is 3. The number of ether oxygens (including phenoxy) is 1. The summed E-state index contributed by atoms with van der Waals surface area (Å²) in [5, 5.41) is 13.1. The lowest BCUT2D eigenvalue weighted by Crippen LogP contribution is -2.47. The Morgan fingerprint density at radius 1 is 1.04 bits per heavy atom. The summed E-state index contributed by atoms with van der Waals surface area (Å²) in [6.07, 6.45) is -0.169. The number of aliphatic hydroxyl groups is 1. The fourth-order valence-corrected chi connectivity index (χ4v) is 6.66. The number of halogens is 4. The molecule has 2 N–H and O–H groups in total. The predicted octanol–water partition coefficient (Wildman–Crippen LogP) is 5.76. The minimum absolute atomic E-state index is 0.0101. The number of carbonyl (C=O) groups is 2. The number of hydrogen-bond donors (Lipinski definition) is 2. The highest BCUT2D eigenvalue weighted by Crippen LogP contribution is 2.37. The molecule has 3 heterocycles. The smallest absolute Gasteiger partial charge is 0.417 e. The van der Waals surface area contributed by atoms with Gasteiger partial charge in [0.2, 0.25) is 0 Å². The molecule has 1 aliphatic heterocycles. The second kappa shape index (κ2) is 13.7. The van der Waals surface area contributed by atoms with E-state index in [0.717, 1.165) is 6.07 Å². The minimum Gasteiger partial charge on any atom is -0.491 e. The maximum absolute atomic E-state index is 14.3. The lowest BCUT2D eigenvalue weighted by molar-refractivity contribution is -0.138. The highest BCUT2D eigenvalue weighted by molar-refractivity contribution is 9.10. The Kier molecular flexibility index (Phi) is 9.25. The van der Waals surface area contributed by atoms with E-state index in [2.05, 4.69) is 31.2 Å². The van der Waals surface area contributed by atoms with Gasteiger partial charge in [0, 0.05) is 47.1 Å². The third-order valence-corrected chi connectivity index (χ3v) is 9.92. The van der Waals surface area contributed by atoms with Gasteiger partial charge >= 0.3 is 11.9 Å². The maximum Gasteiger partial charge on any atom is 0.417 e. The van der Waals surface area contributed by atoms with Gasteiger partial charge in [0.25, 0.3) is 11.8 Å². The number of rotatable bonds is 9. The summed E-state index contributed by atoms with van der Waals surface area (Å²) in [6, 6.07) is 18.1. The zero-order valence-corrected chi connectivity index (χ0v) is 29.3. The van der Waals surface area contributed by atoms with E-state index in [4.69, 9.17) is 4.74 Å². The van der Waals surface area contributed by atoms with Crippen LogP contribution in [0.1, 0.15) is 57.4 Å². The third kappa shape index (κ3) is 6.97. The van der Waals surface area contributed by atoms with E-state index in [9.17, 15) is 32.7 Å². The average Bonchev–Trinajstić information content (AvgIpc) is 3.81. The highest BCUT2D eigenvalue weighted by atomic mass is 79.9. The zero-order valence-electron chi connectivity index (χ0n) is 27.7. The van der Waals surface area contributed by atoms with Gasteiger partial charge in [-0.3, -0.25) is 18.7 Å². The van der Waals surface area contributed by atoms with Crippen LogP contribution >= 0.6 is 15.9 Å². The van der Waals surface area contributed by atoms with E-state index < -0.39 is 40.9 Å². The SMILES string of the molecule is C[C@@H]1Cn2c(c(C(=O)NCc3ccccc3-c3ncccn3)n(-c3ccc(OCC4(O)CC4)cc3)c2=O)CN1C(=O)c1ccc(Br)c(C(F)(F)F)c1. The molecule has 11 nitrogen and oxygen atoms in total. The van der Waals surface area contributed by atoms with Crippen molar-refractivity contribution in [2.45, 2.75) is 57.2 Å². The van der Waals surface area contributed by atoms with Gasteiger partial charge in [0.05, 0.1) is 29.1 Å². The fourth-order valence-electron chi connectivity index (χ4n) is 6.19. The van der Waals surface area contributed by atoms with Crippen LogP contribution in [-0.2, 0) is 25.8 Å². The van der Waals surface area contributed by atoms with Crippen LogP contribution in [0.15, 0.2) is 94.5 Å². The second-order valence-corrected chi connectivity index (χ2v) is 13.8. The molecule has 1 aliphatic carbocycles. The molecule has 0 saturated heterocycles. The lowest BCUT2D eigenvalue weighted by Gasteiger charge is -2.34. The number of fused-ring (bicyclic) bond motifs is 1. The predicted molar refractivity (Wildman–Crippen MR) is 187 cm³/mol. The van der Waals surface area contributed by atoms with Crippen LogP contribution in [0.25, 0.3) is 17.1 Å².